The van der Waals surface area contributed by atoms with Crippen LogP contribution in [0, 0.1) is 10.1 Å². The molecule has 0 heterocycles. The van der Waals surface area contributed by atoms with Gasteiger partial charge in [-0.25, -0.2) is 0 Å². The highest BCUT2D eigenvalue weighted by Gasteiger charge is 2.22. The van der Waals surface area contributed by atoms with Crippen LogP contribution >= 0.6 is 0 Å². The fraction of sp³-hybridized carbons (Fsp3) is 0.600. The average Bonchev–Trinajstić information content (AvgIpc) is 2.48. The smallest absolute Gasteiger partial charge is 0.311 e. The SMILES string of the molecule is CCOc1cc(NC2CCCC(OC)C2)ccc1[N+](=O)[O-]. The number of hydrogen-bond donors (Lipinski definition) is 1. The molecule has 1 saturated carbocycles. The van der Waals surface area contributed by atoms with Crippen molar-refractivity contribution in [2.45, 2.75) is 44.8 Å². The second-order valence-corrected chi connectivity index (χ2v) is 5.24. The zero-order valence-corrected chi connectivity index (χ0v) is 12.5. The first-order chi connectivity index (χ1) is 10.1. The Balaban J connectivity index is 2.09. The molecule has 21 heavy (non-hydrogen) atoms. The van der Waals surface area contributed by atoms with Gasteiger partial charge in [0, 0.05) is 31.0 Å². The van der Waals surface area contributed by atoms with Crippen LogP contribution in [0.25, 0.3) is 0 Å². The van der Waals surface area contributed by atoms with Crippen molar-refractivity contribution < 1.29 is 14.4 Å². The minimum Gasteiger partial charge on any atom is -0.487 e. The fourth-order valence-electron chi connectivity index (χ4n) is 2.75. The van der Waals surface area contributed by atoms with Crippen molar-refractivity contribution in [2.24, 2.45) is 0 Å². The number of methoxy groups -OCH3 is 1. The third kappa shape index (κ3) is 4.07. The molecule has 0 radical (unpaired) electrons. The van der Waals surface area contributed by atoms with Crippen LogP contribution in [0.2, 0.25) is 0 Å². The molecule has 1 fully saturated rings. The predicted molar refractivity (Wildman–Crippen MR) is 80.9 cm³/mol. The van der Waals surface area contributed by atoms with E-state index in [0.29, 0.717) is 24.5 Å². The number of ether oxygens (including phenoxy) is 2. The lowest BCUT2D eigenvalue weighted by atomic mass is 9.92. The largest absolute Gasteiger partial charge is 0.487 e. The van der Waals surface area contributed by atoms with Gasteiger partial charge in [-0.05, 0) is 38.7 Å². The summed E-state index contributed by atoms with van der Waals surface area (Å²) in [6.07, 6.45) is 4.56. The van der Waals surface area contributed by atoms with Crippen LogP contribution in [0.3, 0.4) is 0 Å². The second-order valence-electron chi connectivity index (χ2n) is 5.24. The Kier molecular flexibility index (Phi) is 5.38. The molecule has 6 heteroatoms. The van der Waals surface area contributed by atoms with Gasteiger partial charge in [-0.1, -0.05) is 0 Å². The molecule has 2 unspecified atom stereocenters. The third-order valence-corrected chi connectivity index (χ3v) is 3.79. The summed E-state index contributed by atoms with van der Waals surface area (Å²) in [5.41, 5.74) is 0.853. The van der Waals surface area contributed by atoms with Gasteiger partial charge in [-0.2, -0.15) is 0 Å². The maximum Gasteiger partial charge on any atom is 0.311 e. The average molecular weight is 294 g/mol. The van der Waals surface area contributed by atoms with E-state index in [1.165, 1.54) is 6.07 Å². The summed E-state index contributed by atoms with van der Waals surface area (Å²) in [4.78, 5) is 10.5. The number of benzene rings is 1. The second kappa shape index (κ2) is 7.26. The van der Waals surface area contributed by atoms with Crippen molar-refractivity contribution in [3.63, 3.8) is 0 Å². The molecule has 2 atom stereocenters. The van der Waals surface area contributed by atoms with E-state index in [0.717, 1.165) is 31.4 Å². The molecule has 0 amide bonds. The first kappa shape index (κ1) is 15.6. The first-order valence-electron chi connectivity index (χ1n) is 7.34. The number of nitrogens with one attached hydrogen (secondary N) is 1. The molecule has 1 aliphatic carbocycles. The van der Waals surface area contributed by atoms with Crippen molar-refractivity contribution in [2.75, 3.05) is 19.0 Å². The number of nitro benzene ring substituents is 1. The minimum atomic E-state index is -0.420. The van der Waals surface area contributed by atoms with Crippen molar-refractivity contribution in [3.05, 3.63) is 28.3 Å². The highest BCUT2D eigenvalue weighted by atomic mass is 16.6. The van der Waals surface area contributed by atoms with E-state index in [1.807, 2.05) is 6.92 Å². The highest BCUT2D eigenvalue weighted by Crippen LogP contribution is 2.31. The number of nitrogens with zero attached hydrogens (tertiary/aromatic N) is 1. The lowest BCUT2D eigenvalue weighted by Crippen LogP contribution is -2.30. The quantitative estimate of drug-likeness (QED) is 0.643. The zero-order chi connectivity index (χ0) is 15.2. The van der Waals surface area contributed by atoms with Crippen molar-refractivity contribution >= 4 is 11.4 Å². The Bertz CT molecular complexity index is 493. The molecule has 0 spiro atoms. The summed E-state index contributed by atoms with van der Waals surface area (Å²) in [5, 5.41) is 14.4. The maximum absolute atomic E-state index is 11.0. The standard InChI is InChI=1S/C15H22N2O4/c1-3-21-15-10-12(7-8-14(15)17(18)19)16-11-5-4-6-13(9-11)20-2/h7-8,10-11,13,16H,3-6,9H2,1-2H3. The molecular weight excluding hydrogens is 272 g/mol. The molecular formula is C15H22N2O4. The molecule has 0 saturated heterocycles. The summed E-state index contributed by atoms with van der Waals surface area (Å²) >= 11 is 0. The van der Waals surface area contributed by atoms with E-state index in [9.17, 15) is 10.1 Å². The van der Waals surface area contributed by atoms with Crippen LogP contribution in [0.15, 0.2) is 18.2 Å². The molecule has 0 bridgehead atoms. The third-order valence-electron chi connectivity index (χ3n) is 3.79. The molecule has 1 aliphatic rings. The molecule has 1 aromatic rings. The van der Waals surface area contributed by atoms with Gasteiger partial charge in [0.2, 0.25) is 0 Å². The topological polar surface area (TPSA) is 73.6 Å². The lowest BCUT2D eigenvalue weighted by Gasteiger charge is -2.29. The number of hydrogen-bond acceptors (Lipinski definition) is 5. The Morgan fingerprint density at radius 1 is 1.43 bits per heavy atom. The van der Waals surface area contributed by atoms with Gasteiger partial charge in [0.1, 0.15) is 0 Å². The van der Waals surface area contributed by atoms with Crippen LogP contribution < -0.4 is 10.1 Å². The molecule has 0 aromatic heterocycles. The Hall–Kier alpha value is -1.82. The molecule has 116 valence electrons. The Labute approximate surface area is 124 Å². The van der Waals surface area contributed by atoms with Crippen molar-refractivity contribution in [1.82, 2.24) is 0 Å². The molecule has 2 rings (SSSR count). The van der Waals surface area contributed by atoms with Crippen LogP contribution in [0.5, 0.6) is 5.75 Å². The molecule has 6 nitrogen and oxygen atoms in total. The van der Waals surface area contributed by atoms with Gasteiger partial charge in [-0.3, -0.25) is 10.1 Å². The van der Waals surface area contributed by atoms with Gasteiger partial charge in [0.05, 0.1) is 17.6 Å². The van der Waals surface area contributed by atoms with Crippen molar-refractivity contribution in [1.29, 1.82) is 0 Å². The van der Waals surface area contributed by atoms with Gasteiger partial charge in [0.15, 0.2) is 5.75 Å². The first-order valence-corrected chi connectivity index (χ1v) is 7.34. The normalized spacial score (nSPS) is 21.8. The molecule has 0 aliphatic heterocycles. The summed E-state index contributed by atoms with van der Waals surface area (Å²) < 4.78 is 10.8. The fourth-order valence-corrected chi connectivity index (χ4v) is 2.75. The Morgan fingerprint density at radius 3 is 2.90 bits per heavy atom. The summed E-state index contributed by atoms with van der Waals surface area (Å²) in [6.45, 7) is 2.22. The van der Waals surface area contributed by atoms with Gasteiger partial charge >= 0.3 is 5.69 Å². The van der Waals surface area contributed by atoms with Gasteiger partial charge < -0.3 is 14.8 Å². The Morgan fingerprint density at radius 2 is 2.24 bits per heavy atom. The summed E-state index contributed by atoms with van der Waals surface area (Å²) in [5.74, 6) is 0.312. The van der Waals surface area contributed by atoms with Crippen LogP contribution in [0.1, 0.15) is 32.6 Å². The monoisotopic (exact) mass is 294 g/mol. The summed E-state index contributed by atoms with van der Waals surface area (Å²) in [6, 6.07) is 5.26. The van der Waals surface area contributed by atoms with Crippen LogP contribution in [-0.2, 0) is 4.74 Å². The molecule has 1 aromatic carbocycles. The predicted octanol–water partition coefficient (Wildman–Crippen LogP) is 3.36. The van der Waals surface area contributed by atoms with E-state index in [4.69, 9.17) is 9.47 Å². The van der Waals surface area contributed by atoms with Crippen LogP contribution in [-0.4, -0.2) is 30.8 Å². The van der Waals surface area contributed by atoms with E-state index in [1.54, 1.807) is 19.2 Å². The number of rotatable bonds is 6. The van der Waals surface area contributed by atoms with E-state index >= 15 is 0 Å². The maximum atomic E-state index is 11.0. The molecule has 1 N–H and O–H groups in total. The lowest BCUT2D eigenvalue weighted by molar-refractivity contribution is -0.385. The van der Waals surface area contributed by atoms with E-state index < -0.39 is 4.92 Å². The summed E-state index contributed by atoms with van der Waals surface area (Å²) in [7, 11) is 1.74. The van der Waals surface area contributed by atoms with Crippen molar-refractivity contribution in [3.8, 4) is 5.75 Å². The number of nitro groups is 1. The van der Waals surface area contributed by atoms with E-state index in [-0.39, 0.29) is 5.69 Å². The zero-order valence-electron chi connectivity index (χ0n) is 12.5. The highest BCUT2D eigenvalue weighted by molar-refractivity contribution is 5.58. The van der Waals surface area contributed by atoms with E-state index in [2.05, 4.69) is 5.32 Å². The van der Waals surface area contributed by atoms with Gasteiger partial charge in [0.25, 0.3) is 0 Å². The van der Waals surface area contributed by atoms with Crippen LogP contribution in [0.4, 0.5) is 11.4 Å². The minimum absolute atomic E-state index is 0.000752. The van der Waals surface area contributed by atoms with Gasteiger partial charge in [-0.15, -0.1) is 0 Å². The number of anilines is 1.